The molecule has 0 spiro atoms. The normalized spacial score (nSPS) is 19.5. The summed E-state index contributed by atoms with van der Waals surface area (Å²) < 4.78 is 0. The molecule has 2 nitrogen and oxygen atoms in total. The summed E-state index contributed by atoms with van der Waals surface area (Å²) in [4.78, 5) is 4.47. The fourth-order valence-electron chi connectivity index (χ4n) is 2.43. The lowest BCUT2D eigenvalue weighted by atomic mass is 9.98. The van der Waals surface area contributed by atoms with Crippen molar-refractivity contribution < 1.29 is 0 Å². The van der Waals surface area contributed by atoms with Crippen LogP contribution in [0, 0.1) is 5.92 Å². The van der Waals surface area contributed by atoms with Gasteiger partial charge in [0.2, 0.25) is 0 Å². The molecule has 1 aromatic rings. The van der Waals surface area contributed by atoms with Crippen molar-refractivity contribution in [3.8, 4) is 0 Å². The summed E-state index contributed by atoms with van der Waals surface area (Å²) in [5.41, 5.74) is 0. The Morgan fingerprint density at radius 1 is 1.53 bits per heavy atom. The third kappa shape index (κ3) is 2.79. The smallest absolute Gasteiger partial charge is 0.110 e. The molecular formula is C12H20N2S. The molecule has 1 saturated carbocycles. The van der Waals surface area contributed by atoms with E-state index < -0.39 is 0 Å². The lowest BCUT2D eigenvalue weighted by Crippen LogP contribution is -2.27. The maximum absolute atomic E-state index is 4.47. The minimum absolute atomic E-state index is 0.521. The van der Waals surface area contributed by atoms with Crippen LogP contribution in [0.5, 0.6) is 0 Å². The Kier molecular flexibility index (Phi) is 4.15. The predicted octanol–water partition coefficient (Wildman–Crippen LogP) is 3.37. The minimum atomic E-state index is 0.521. The van der Waals surface area contributed by atoms with Crippen molar-refractivity contribution in [3.05, 3.63) is 16.6 Å². The Bertz CT molecular complexity index is 265. The zero-order chi connectivity index (χ0) is 10.5. The monoisotopic (exact) mass is 224 g/mol. The lowest BCUT2D eigenvalue weighted by molar-refractivity contribution is 0.367. The summed E-state index contributed by atoms with van der Waals surface area (Å²) in [7, 11) is 0. The molecule has 1 atom stereocenters. The van der Waals surface area contributed by atoms with Gasteiger partial charge in [-0.15, -0.1) is 11.3 Å². The molecule has 1 unspecified atom stereocenters. The third-order valence-electron chi connectivity index (χ3n) is 3.20. The minimum Gasteiger partial charge on any atom is -0.308 e. The van der Waals surface area contributed by atoms with Gasteiger partial charge in [0.1, 0.15) is 5.01 Å². The summed E-state index contributed by atoms with van der Waals surface area (Å²) in [6.45, 7) is 3.33. The third-order valence-corrected chi connectivity index (χ3v) is 4.06. The molecule has 0 amide bonds. The fourth-order valence-corrected chi connectivity index (χ4v) is 3.24. The second-order valence-corrected chi connectivity index (χ2v) is 5.27. The Morgan fingerprint density at radius 2 is 2.33 bits per heavy atom. The number of hydrogen-bond donors (Lipinski definition) is 1. The molecule has 1 heterocycles. The maximum atomic E-state index is 4.47. The van der Waals surface area contributed by atoms with Crippen LogP contribution in [0.25, 0.3) is 0 Å². The van der Waals surface area contributed by atoms with E-state index in [-0.39, 0.29) is 0 Å². The molecule has 1 aromatic heterocycles. The van der Waals surface area contributed by atoms with E-state index in [0.29, 0.717) is 6.04 Å². The van der Waals surface area contributed by atoms with Crippen LogP contribution in [-0.2, 0) is 0 Å². The molecule has 1 N–H and O–H groups in total. The van der Waals surface area contributed by atoms with E-state index in [0.717, 1.165) is 12.5 Å². The Balaban J connectivity index is 2.01. The van der Waals surface area contributed by atoms with Crippen molar-refractivity contribution in [1.82, 2.24) is 10.3 Å². The van der Waals surface area contributed by atoms with Crippen molar-refractivity contribution in [2.24, 2.45) is 5.92 Å². The Morgan fingerprint density at radius 3 is 2.93 bits per heavy atom. The first kappa shape index (κ1) is 11.1. The van der Waals surface area contributed by atoms with E-state index in [4.69, 9.17) is 0 Å². The number of nitrogens with zero attached hydrogens (tertiary/aromatic N) is 1. The van der Waals surface area contributed by atoms with E-state index in [1.165, 1.54) is 37.1 Å². The average Bonchev–Trinajstić information content (AvgIpc) is 2.90. The summed E-state index contributed by atoms with van der Waals surface area (Å²) >= 11 is 1.79. The molecule has 0 radical (unpaired) electrons. The highest BCUT2D eigenvalue weighted by Crippen LogP contribution is 2.36. The second kappa shape index (κ2) is 5.61. The van der Waals surface area contributed by atoms with Crippen LogP contribution in [0.15, 0.2) is 11.6 Å². The molecular weight excluding hydrogens is 204 g/mol. The Labute approximate surface area is 96.1 Å². The van der Waals surface area contributed by atoms with Crippen molar-refractivity contribution in [3.63, 3.8) is 0 Å². The van der Waals surface area contributed by atoms with E-state index in [1.807, 2.05) is 6.20 Å². The van der Waals surface area contributed by atoms with Crippen LogP contribution >= 0.6 is 11.3 Å². The van der Waals surface area contributed by atoms with E-state index in [9.17, 15) is 0 Å². The van der Waals surface area contributed by atoms with Gasteiger partial charge in [-0.2, -0.15) is 0 Å². The van der Waals surface area contributed by atoms with Gasteiger partial charge in [-0.05, 0) is 31.7 Å². The van der Waals surface area contributed by atoms with Gasteiger partial charge in [-0.1, -0.05) is 19.8 Å². The fraction of sp³-hybridized carbons (Fsp3) is 0.750. The van der Waals surface area contributed by atoms with Crippen molar-refractivity contribution in [2.45, 2.75) is 45.1 Å². The van der Waals surface area contributed by atoms with Gasteiger partial charge in [0, 0.05) is 11.6 Å². The van der Waals surface area contributed by atoms with E-state index in [2.05, 4.69) is 22.6 Å². The first-order valence-electron chi connectivity index (χ1n) is 6.04. The standard InChI is InChI=1S/C12H20N2S/c1-2-7-13-11(10-5-3-4-6-10)12-14-8-9-15-12/h8-11,13H,2-7H2,1H3. The molecule has 1 aliphatic carbocycles. The number of aromatic nitrogens is 1. The number of hydrogen-bond acceptors (Lipinski definition) is 3. The molecule has 2 rings (SSSR count). The van der Waals surface area contributed by atoms with E-state index in [1.54, 1.807) is 11.3 Å². The number of thiazole rings is 1. The van der Waals surface area contributed by atoms with Gasteiger partial charge >= 0.3 is 0 Å². The van der Waals surface area contributed by atoms with Gasteiger partial charge in [-0.3, -0.25) is 0 Å². The molecule has 15 heavy (non-hydrogen) atoms. The van der Waals surface area contributed by atoms with Gasteiger partial charge in [0.25, 0.3) is 0 Å². The molecule has 3 heteroatoms. The molecule has 1 aliphatic rings. The first-order valence-corrected chi connectivity index (χ1v) is 6.92. The van der Waals surface area contributed by atoms with Crippen molar-refractivity contribution in [1.29, 1.82) is 0 Å². The molecule has 0 aromatic carbocycles. The maximum Gasteiger partial charge on any atom is 0.110 e. The predicted molar refractivity (Wildman–Crippen MR) is 65.1 cm³/mol. The first-order chi connectivity index (χ1) is 7.42. The van der Waals surface area contributed by atoms with Gasteiger partial charge in [-0.25, -0.2) is 4.98 Å². The molecule has 0 aliphatic heterocycles. The summed E-state index contributed by atoms with van der Waals surface area (Å²) in [5.74, 6) is 0.822. The topological polar surface area (TPSA) is 24.9 Å². The lowest BCUT2D eigenvalue weighted by Gasteiger charge is -2.22. The number of rotatable bonds is 5. The highest BCUT2D eigenvalue weighted by Gasteiger charge is 2.27. The second-order valence-electron chi connectivity index (χ2n) is 4.35. The molecule has 1 fully saturated rings. The zero-order valence-electron chi connectivity index (χ0n) is 9.41. The summed E-state index contributed by atoms with van der Waals surface area (Å²) in [5, 5.41) is 7.04. The van der Waals surface area contributed by atoms with E-state index >= 15 is 0 Å². The van der Waals surface area contributed by atoms with Gasteiger partial charge in [0.15, 0.2) is 0 Å². The Hall–Kier alpha value is -0.410. The number of nitrogens with one attached hydrogen (secondary N) is 1. The van der Waals surface area contributed by atoms with Crippen LogP contribution in [0.3, 0.4) is 0 Å². The highest BCUT2D eigenvalue weighted by atomic mass is 32.1. The van der Waals surface area contributed by atoms with Gasteiger partial charge in [0.05, 0.1) is 6.04 Å². The zero-order valence-corrected chi connectivity index (χ0v) is 10.2. The molecule has 84 valence electrons. The van der Waals surface area contributed by atoms with Crippen LogP contribution < -0.4 is 5.32 Å². The summed E-state index contributed by atoms with van der Waals surface area (Å²) in [6.07, 6.45) is 8.69. The quantitative estimate of drug-likeness (QED) is 0.829. The summed E-state index contributed by atoms with van der Waals surface area (Å²) in [6, 6.07) is 0.521. The highest BCUT2D eigenvalue weighted by molar-refractivity contribution is 7.09. The molecule has 0 saturated heterocycles. The van der Waals surface area contributed by atoms with Crippen LogP contribution in [0.1, 0.15) is 50.1 Å². The van der Waals surface area contributed by atoms with Crippen molar-refractivity contribution >= 4 is 11.3 Å². The van der Waals surface area contributed by atoms with Crippen molar-refractivity contribution in [2.75, 3.05) is 6.54 Å². The van der Waals surface area contributed by atoms with Gasteiger partial charge < -0.3 is 5.32 Å². The van der Waals surface area contributed by atoms with Crippen LogP contribution in [0.4, 0.5) is 0 Å². The average molecular weight is 224 g/mol. The largest absolute Gasteiger partial charge is 0.308 e. The van der Waals surface area contributed by atoms with Crippen LogP contribution in [-0.4, -0.2) is 11.5 Å². The SMILES string of the molecule is CCCNC(c1nccs1)C1CCCC1. The molecule has 0 bridgehead atoms. The van der Waals surface area contributed by atoms with Crippen LogP contribution in [0.2, 0.25) is 0 Å².